The molecule has 5 nitrogen and oxygen atoms in total. The van der Waals surface area contributed by atoms with Crippen molar-refractivity contribution in [2.75, 3.05) is 38.9 Å². The number of nitrogens with one attached hydrogen (secondary N) is 1. The number of hydrogen-bond donors (Lipinski definition) is 2. The predicted octanol–water partition coefficient (Wildman–Crippen LogP) is 2.84. The molecule has 0 amide bonds. The number of aliphatic imine (C=N–C) groups is 1. The minimum absolute atomic E-state index is 0.237. The van der Waals surface area contributed by atoms with Gasteiger partial charge in [-0.1, -0.05) is 11.6 Å². The number of halogens is 2. The lowest BCUT2D eigenvalue weighted by atomic mass is 9.82. The number of nitrogens with zero attached hydrogens (tertiary/aromatic N) is 1. The molecule has 1 heterocycles. The van der Waals surface area contributed by atoms with Gasteiger partial charge in [0, 0.05) is 24.3 Å². The van der Waals surface area contributed by atoms with E-state index in [1.54, 1.807) is 25.3 Å². The summed E-state index contributed by atoms with van der Waals surface area (Å²) in [5.41, 5.74) is 6.11. The number of hydrogen-bond acceptors (Lipinski definition) is 3. The van der Waals surface area contributed by atoms with E-state index >= 15 is 0 Å². The van der Waals surface area contributed by atoms with Crippen LogP contribution in [-0.4, -0.2) is 39.5 Å². The first-order valence-corrected chi connectivity index (χ1v) is 7.50. The second-order valence-corrected chi connectivity index (χ2v) is 5.83. The number of rotatable bonds is 5. The highest BCUT2D eigenvalue weighted by molar-refractivity contribution is 6.32. The molecule has 1 saturated heterocycles. The molecule has 0 unspecified atom stereocenters. The monoisotopic (exact) mass is 329 g/mol. The first kappa shape index (κ1) is 16.8. The summed E-state index contributed by atoms with van der Waals surface area (Å²) in [7, 11) is 1.55. The van der Waals surface area contributed by atoms with Crippen molar-refractivity contribution in [1.82, 2.24) is 0 Å². The number of methoxy groups -OCH3 is 1. The predicted molar refractivity (Wildman–Crippen MR) is 86.6 cm³/mol. The molecule has 3 N–H and O–H groups in total. The maximum Gasteiger partial charge on any atom is 0.193 e. The Balaban J connectivity index is 1.98. The second-order valence-electron chi connectivity index (χ2n) is 5.42. The van der Waals surface area contributed by atoms with Gasteiger partial charge in [0.1, 0.15) is 5.75 Å². The zero-order chi connectivity index (χ0) is 16.0. The molecule has 1 fully saturated rings. The van der Waals surface area contributed by atoms with Crippen LogP contribution in [0.5, 0.6) is 5.75 Å². The fraction of sp³-hybridized carbons (Fsp3) is 0.533. The molecular formula is C15H21ClFN3O2. The number of alkyl halides is 1. The Morgan fingerprint density at radius 2 is 2.23 bits per heavy atom. The van der Waals surface area contributed by atoms with E-state index in [-0.39, 0.29) is 5.96 Å². The van der Waals surface area contributed by atoms with Gasteiger partial charge in [-0.3, -0.25) is 9.38 Å². The van der Waals surface area contributed by atoms with E-state index < -0.39 is 12.1 Å². The van der Waals surface area contributed by atoms with Crippen molar-refractivity contribution < 1.29 is 13.9 Å². The number of anilines is 1. The normalized spacial score (nSPS) is 18.0. The first-order valence-electron chi connectivity index (χ1n) is 7.13. The van der Waals surface area contributed by atoms with Crippen LogP contribution < -0.4 is 15.8 Å². The van der Waals surface area contributed by atoms with Crippen molar-refractivity contribution in [2.45, 2.75) is 12.8 Å². The lowest BCUT2D eigenvalue weighted by molar-refractivity contribution is 0.00696. The molecule has 0 aromatic heterocycles. The van der Waals surface area contributed by atoms with Gasteiger partial charge in [-0.25, -0.2) is 0 Å². The van der Waals surface area contributed by atoms with E-state index in [2.05, 4.69) is 10.3 Å². The smallest absolute Gasteiger partial charge is 0.193 e. The highest BCUT2D eigenvalue weighted by Crippen LogP contribution is 2.31. The summed E-state index contributed by atoms with van der Waals surface area (Å²) < 4.78 is 23.7. The molecule has 0 spiro atoms. The molecule has 7 heteroatoms. The van der Waals surface area contributed by atoms with Gasteiger partial charge in [-0.15, -0.1) is 0 Å². The lowest BCUT2D eigenvalue weighted by Gasteiger charge is -2.33. The Labute approximate surface area is 134 Å². The van der Waals surface area contributed by atoms with Crippen LogP contribution in [0.25, 0.3) is 0 Å². The van der Waals surface area contributed by atoms with E-state index in [0.717, 1.165) is 0 Å². The maximum absolute atomic E-state index is 13.3. The number of guanidine groups is 1. The fourth-order valence-corrected chi connectivity index (χ4v) is 2.58. The van der Waals surface area contributed by atoms with Gasteiger partial charge in [0.15, 0.2) is 5.96 Å². The van der Waals surface area contributed by atoms with Gasteiger partial charge in [-0.05, 0) is 31.0 Å². The van der Waals surface area contributed by atoms with Gasteiger partial charge in [0.25, 0.3) is 0 Å². The molecular weight excluding hydrogens is 309 g/mol. The number of benzene rings is 1. The average molecular weight is 330 g/mol. The third kappa shape index (κ3) is 4.24. The highest BCUT2D eigenvalue weighted by Gasteiger charge is 2.32. The van der Waals surface area contributed by atoms with Crippen molar-refractivity contribution in [1.29, 1.82) is 0 Å². The summed E-state index contributed by atoms with van der Waals surface area (Å²) in [5, 5.41) is 3.43. The van der Waals surface area contributed by atoms with Crippen molar-refractivity contribution in [3.05, 3.63) is 23.2 Å². The topological polar surface area (TPSA) is 68.9 Å². The Morgan fingerprint density at radius 1 is 1.50 bits per heavy atom. The molecule has 0 atom stereocenters. The molecule has 0 aliphatic carbocycles. The van der Waals surface area contributed by atoms with Crippen LogP contribution in [0.4, 0.5) is 10.1 Å². The van der Waals surface area contributed by atoms with Gasteiger partial charge >= 0.3 is 0 Å². The standard InChI is InChI=1S/C15H21ClFN3O2/c1-21-13-3-2-11(8-12(13)16)20-14(18)19-10-15(9-17)4-6-22-7-5-15/h2-3,8H,4-7,9-10H2,1H3,(H3,18,19,20). The number of ether oxygens (including phenoxy) is 2. The van der Waals surface area contributed by atoms with Gasteiger partial charge in [-0.2, -0.15) is 0 Å². The van der Waals surface area contributed by atoms with E-state index in [0.29, 0.717) is 49.1 Å². The molecule has 0 bridgehead atoms. The van der Waals surface area contributed by atoms with Crippen molar-refractivity contribution in [3.63, 3.8) is 0 Å². The molecule has 1 aliphatic heterocycles. The Bertz CT molecular complexity index is 534. The fourth-order valence-electron chi connectivity index (χ4n) is 2.32. The van der Waals surface area contributed by atoms with E-state index in [1.807, 2.05) is 0 Å². The summed E-state index contributed by atoms with van der Waals surface area (Å²) in [4.78, 5) is 4.27. The Morgan fingerprint density at radius 3 is 2.82 bits per heavy atom. The van der Waals surface area contributed by atoms with Crippen LogP contribution in [0.2, 0.25) is 5.02 Å². The van der Waals surface area contributed by atoms with Gasteiger partial charge in [0.2, 0.25) is 0 Å². The first-order chi connectivity index (χ1) is 10.6. The molecule has 1 aromatic carbocycles. The third-order valence-corrected chi connectivity index (χ3v) is 4.14. The second kappa shape index (κ2) is 7.65. The van der Waals surface area contributed by atoms with E-state index in [4.69, 9.17) is 26.8 Å². The third-order valence-electron chi connectivity index (χ3n) is 3.85. The minimum atomic E-state index is -0.456. The molecule has 1 aliphatic rings. The van der Waals surface area contributed by atoms with Crippen molar-refractivity contribution >= 4 is 23.2 Å². The summed E-state index contributed by atoms with van der Waals surface area (Å²) in [6.07, 6.45) is 1.32. The average Bonchev–Trinajstić information content (AvgIpc) is 2.54. The molecule has 0 radical (unpaired) electrons. The molecule has 22 heavy (non-hydrogen) atoms. The minimum Gasteiger partial charge on any atom is -0.495 e. The molecule has 1 aromatic rings. The summed E-state index contributed by atoms with van der Waals surface area (Å²) in [5.74, 6) is 0.821. The van der Waals surface area contributed by atoms with Crippen LogP contribution in [0.3, 0.4) is 0 Å². The van der Waals surface area contributed by atoms with E-state index in [9.17, 15) is 4.39 Å². The van der Waals surface area contributed by atoms with Crippen LogP contribution in [-0.2, 0) is 4.74 Å². The van der Waals surface area contributed by atoms with Crippen molar-refractivity contribution in [2.24, 2.45) is 16.1 Å². The van der Waals surface area contributed by atoms with Crippen LogP contribution in [0, 0.1) is 5.41 Å². The Hall–Kier alpha value is -1.53. The maximum atomic E-state index is 13.3. The van der Waals surface area contributed by atoms with E-state index in [1.165, 1.54) is 0 Å². The highest BCUT2D eigenvalue weighted by atomic mass is 35.5. The quantitative estimate of drug-likeness (QED) is 0.644. The molecule has 2 rings (SSSR count). The van der Waals surface area contributed by atoms with Crippen LogP contribution in [0.15, 0.2) is 23.2 Å². The SMILES string of the molecule is COc1ccc(NC(N)=NCC2(CF)CCOCC2)cc1Cl. The van der Waals surface area contributed by atoms with Gasteiger partial charge in [0.05, 0.1) is 25.4 Å². The molecule has 122 valence electrons. The summed E-state index contributed by atoms with van der Waals surface area (Å²) in [6.45, 7) is 1.07. The van der Waals surface area contributed by atoms with Crippen LogP contribution in [0.1, 0.15) is 12.8 Å². The van der Waals surface area contributed by atoms with Gasteiger partial charge < -0.3 is 20.5 Å². The zero-order valence-corrected chi connectivity index (χ0v) is 13.3. The lowest BCUT2D eigenvalue weighted by Crippen LogP contribution is -2.36. The largest absolute Gasteiger partial charge is 0.495 e. The Kier molecular flexibility index (Phi) is 5.85. The van der Waals surface area contributed by atoms with Crippen LogP contribution >= 0.6 is 11.6 Å². The number of nitrogens with two attached hydrogens (primary N) is 1. The summed E-state index contributed by atoms with van der Waals surface area (Å²) in [6, 6.07) is 5.22. The summed E-state index contributed by atoms with van der Waals surface area (Å²) >= 11 is 6.05. The zero-order valence-electron chi connectivity index (χ0n) is 12.6. The molecule has 0 saturated carbocycles. The van der Waals surface area contributed by atoms with Crippen molar-refractivity contribution in [3.8, 4) is 5.75 Å².